The van der Waals surface area contributed by atoms with Crippen molar-refractivity contribution in [1.82, 2.24) is 0 Å². The zero-order chi connectivity index (χ0) is 83.6. The molecule has 23 atom stereocenters. The monoisotopic (exact) mass is 1740 g/mol. The minimum absolute atomic E-state index is 0.00675. The van der Waals surface area contributed by atoms with E-state index >= 15 is 0 Å². The summed E-state index contributed by atoms with van der Waals surface area (Å²) in [4.78, 5) is 20.4. The molecule has 15 fully saturated rings. The van der Waals surface area contributed by atoms with Crippen molar-refractivity contribution in [2.24, 2.45) is 41.4 Å². The first-order chi connectivity index (χ1) is 54.8. The highest BCUT2D eigenvalue weighted by Crippen LogP contribution is 2.67. The number of hydrogen-bond donors (Lipinski definition) is 0. The molecule has 10 saturated heterocycles. The van der Waals surface area contributed by atoms with Crippen molar-refractivity contribution in [3.63, 3.8) is 0 Å². The van der Waals surface area contributed by atoms with E-state index in [1.807, 2.05) is 24.3 Å². The summed E-state index contributed by atoms with van der Waals surface area (Å²) in [5.74, 6) is 4.23. The second-order valence-corrected chi connectivity index (χ2v) is 61.7. The Labute approximate surface area is 733 Å². The molecule has 0 radical (unpaired) electrons. The average molecular weight is 1740 g/mol. The fourth-order valence-electron chi connectivity index (χ4n) is 23.5. The average Bonchev–Trinajstić information content (AvgIpc) is 1.53. The number of ether oxygens (including phenoxy) is 2. The van der Waals surface area contributed by atoms with E-state index < -0.39 is 19.8 Å². The predicted molar refractivity (Wildman–Crippen MR) is 504 cm³/mol. The lowest BCUT2D eigenvalue weighted by atomic mass is 9.78. The topological polar surface area (TPSA) is 35.5 Å². The highest BCUT2D eigenvalue weighted by molar-refractivity contribution is 8.02. The number of carbonyl (C=O) groups excluding carboxylic acids is 1. The van der Waals surface area contributed by atoms with Crippen molar-refractivity contribution < 1.29 is 23.0 Å². The van der Waals surface area contributed by atoms with E-state index in [4.69, 9.17) is 32.7 Å². The van der Waals surface area contributed by atoms with E-state index in [1.165, 1.54) is 120 Å². The number of hydrogen-bond acceptors (Lipinski definition) is 3. The molecule has 23 unspecified atom stereocenters. The number of rotatable bonds is 6. The van der Waals surface area contributed by atoms with Crippen LogP contribution in [0.2, 0.25) is 0 Å². The summed E-state index contributed by atoms with van der Waals surface area (Å²) >= 11 is 13.3. The summed E-state index contributed by atoms with van der Waals surface area (Å²) in [6, 6.07) is 54.9. The molecule has 13 heteroatoms. The van der Waals surface area contributed by atoms with Crippen LogP contribution in [0.4, 0.5) is 8.78 Å². The van der Waals surface area contributed by atoms with Crippen molar-refractivity contribution in [3.05, 3.63) is 179 Å². The van der Waals surface area contributed by atoms with Gasteiger partial charge in [0.1, 0.15) is 63.9 Å². The fraction of sp³-hybridized carbons (Fsp3) is 0.644. The summed E-state index contributed by atoms with van der Waals surface area (Å²) in [5, 5.41) is 3.36. The van der Waals surface area contributed by atoms with E-state index in [0.29, 0.717) is 65.2 Å². The molecule has 634 valence electrons. The number of esters is 1. The van der Waals surface area contributed by atoms with Gasteiger partial charge in [0.25, 0.3) is 3.67 Å². The Bertz CT molecular complexity index is 4260. The van der Waals surface area contributed by atoms with Crippen molar-refractivity contribution in [1.29, 1.82) is 0 Å². The summed E-state index contributed by atoms with van der Waals surface area (Å²) in [7, 11) is 0.870. The summed E-state index contributed by atoms with van der Waals surface area (Å²) in [6.07, 6.45) is 23.9. The molecule has 1 spiro atoms. The van der Waals surface area contributed by atoms with E-state index in [-0.39, 0.29) is 83.4 Å². The molecule has 15 aliphatic rings. The lowest BCUT2D eigenvalue weighted by Gasteiger charge is -2.25. The zero-order valence-corrected chi connectivity index (χ0v) is 81.2. The molecule has 10 heterocycles. The van der Waals surface area contributed by atoms with Gasteiger partial charge in [-0.1, -0.05) is 204 Å². The van der Waals surface area contributed by atoms with Gasteiger partial charge in [0.2, 0.25) is 0 Å². The molecular formula is C104H142Cl2F2O3S6+6. The Morgan fingerprint density at radius 1 is 0.368 bits per heavy atom. The number of alkyl halides is 4. The fourth-order valence-corrected chi connectivity index (χ4v) is 45.8. The van der Waals surface area contributed by atoms with Crippen molar-refractivity contribution >= 4 is 94.5 Å². The molecule has 21 rings (SSSR count). The Balaban J connectivity index is 0.000000105. The van der Waals surface area contributed by atoms with E-state index in [9.17, 15) is 13.6 Å². The number of benzene rings is 6. The lowest BCUT2D eigenvalue weighted by molar-refractivity contribution is -0.143. The largest absolute Gasteiger partial charge is 0.456 e. The van der Waals surface area contributed by atoms with Gasteiger partial charge >= 0.3 is 11.2 Å². The van der Waals surface area contributed by atoms with Gasteiger partial charge in [-0.05, 0) is 227 Å². The quantitative estimate of drug-likeness (QED) is 0.0947. The van der Waals surface area contributed by atoms with Gasteiger partial charge in [0.15, 0.2) is 46.0 Å². The molecule has 6 aromatic rings. The van der Waals surface area contributed by atoms with Crippen molar-refractivity contribution in [2.45, 2.75) is 395 Å². The lowest BCUT2D eigenvalue weighted by Crippen LogP contribution is -2.36. The van der Waals surface area contributed by atoms with Gasteiger partial charge in [0.05, 0.1) is 23.4 Å². The van der Waals surface area contributed by atoms with Crippen LogP contribution in [-0.4, -0.2) is 85.2 Å². The number of carbonyl (C=O) groups is 1. The van der Waals surface area contributed by atoms with Gasteiger partial charge in [0, 0.05) is 137 Å². The standard InChI is InChI=1S/C20H31S.C18H25S.C17H21O2S.C17H23OS.C16H21Cl2S.C16H21F2S/c1-14-7-8-16-13-18(14)21(20(16,5)6)17-11-9-15(10-12-17)19(2,3)4;1-17(2,3)13-4-7-15(8-5-13)19-16-9-6-14(12-16)18(19)10-11-18;1-17(2,3)10-4-6-11(7-5-10)20-12-8-13-15(20)14(9-12)19-16(13)18;1-17(2,3)12-4-6-13(7-5-12)19-14-8-11-10-18-15(9-14)16(11)19;2*1-15(2,3)11-4-7-13(8-5-11)19-14-9-6-12(10-14)16(19,17)18/h9-12,14,16,18H,7-8,13H2,1-6H3;4-5,7-8,14,16H,6,9-12H2,1-3H3;4-7,12-15H,8-9H2,1-3H3;4-7,11,14-16H,8-10H2,1-3H3;2*4-5,7-8,12,14H,6,9-10H2,1-3H3/q6*+1. The first kappa shape index (κ1) is 87.8. The Morgan fingerprint density at radius 2 is 0.726 bits per heavy atom. The smallest absolute Gasteiger partial charge is 0.417 e. The highest BCUT2D eigenvalue weighted by atomic mass is 35.5. The zero-order valence-electron chi connectivity index (χ0n) is 74.8. The second kappa shape index (κ2) is 32.3. The molecule has 12 bridgehead atoms. The Kier molecular flexibility index (Phi) is 24.2. The van der Waals surface area contributed by atoms with Crippen LogP contribution in [0.3, 0.4) is 0 Å². The maximum atomic E-state index is 14.3. The van der Waals surface area contributed by atoms with Crippen LogP contribution < -0.4 is 0 Å². The molecule has 5 saturated carbocycles. The predicted octanol–water partition coefficient (Wildman–Crippen LogP) is 26.8. The molecule has 5 aliphatic carbocycles. The molecule has 10 aliphatic heterocycles. The normalized spacial score (nSPS) is 35.7. The Hall–Kier alpha value is -2.71. The van der Waals surface area contributed by atoms with Crippen molar-refractivity contribution in [3.8, 4) is 0 Å². The molecular weight excluding hydrogens is 1600 g/mol. The van der Waals surface area contributed by atoms with Crippen molar-refractivity contribution in [2.75, 3.05) is 6.61 Å². The maximum Gasteiger partial charge on any atom is 0.417 e. The third-order valence-corrected chi connectivity index (χ3v) is 51.1. The van der Waals surface area contributed by atoms with Crippen LogP contribution in [-0.2, 0) is 112 Å². The molecule has 0 amide bonds. The van der Waals surface area contributed by atoms with Gasteiger partial charge in [-0.2, -0.15) is 8.78 Å². The number of fused-ring (bicyclic) bond motifs is 11. The van der Waals surface area contributed by atoms with Crippen LogP contribution in [0.1, 0.15) is 294 Å². The highest BCUT2D eigenvalue weighted by Gasteiger charge is 2.75. The number of halogens is 4. The third kappa shape index (κ3) is 17.0. The molecule has 0 aromatic heterocycles. The molecule has 117 heavy (non-hydrogen) atoms. The maximum absolute atomic E-state index is 14.3. The Morgan fingerprint density at radius 3 is 1.14 bits per heavy atom. The van der Waals surface area contributed by atoms with Gasteiger partial charge in [-0.25, -0.2) is 0 Å². The first-order valence-electron chi connectivity index (χ1n) is 45.4. The summed E-state index contributed by atoms with van der Waals surface area (Å²) < 4.78 is 40.9. The van der Waals surface area contributed by atoms with Gasteiger partial charge in [-0.3, -0.25) is 4.79 Å². The third-order valence-electron chi connectivity index (χ3n) is 30.5. The minimum Gasteiger partial charge on any atom is -0.456 e. The first-order valence-corrected chi connectivity index (χ1v) is 54.0. The van der Waals surface area contributed by atoms with Crippen LogP contribution in [0, 0.1) is 41.4 Å². The van der Waals surface area contributed by atoms with E-state index in [0.717, 1.165) is 93.0 Å². The van der Waals surface area contributed by atoms with E-state index in [2.05, 4.69) is 267 Å². The van der Waals surface area contributed by atoms with Crippen LogP contribution in [0.5, 0.6) is 0 Å². The summed E-state index contributed by atoms with van der Waals surface area (Å²) in [6.45, 7) is 49.2. The van der Waals surface area contributed by atoms with E-state index in [1.54, 1.807) is 21.1 Å². The summed E-state index contributed by atoms with van der Waals surface area (Å²) in [5.41, 5.74) is 9.66. The SMILES string of the molecule is CC(C)(C)c1ccc([S+]2C3CC4COC(C3)C42)cc1.CC(C)(C)c1ccc([S+]2C3CC4OC(=O)C(C3)C42)cc1.CC(C)(C)c1ccc([S+]2C3CCC(C3)C2(Cl)Cl)cc1.CC(C)(C)c1ccc([S+]2C3CCC(C3)C2(F)F)cc1.CC(C)(C)c1ccc([S+]2C3CCC(C3)C23CC3)cc1.CC1CCC2CC1[S+](c1ccc(C(C)(C)C)cc1)C2(C)C. The van der Waals surface area contributed by atoms with Gasteiger partial charge < -0.3 is 9.47 Å². The second-order valence-electron chi connectivity index (χ2n) is 44.8. The van der Waals surface area contributed by atoms with Crippen LogP contribution >= 0.6 is 23.2 Å². The van der Waals surface area contributed by atoms with Gasteiger partial charge in [-0.15, -0.1) is 0 Å². The molecule has 6 aromatic carbocycles. The molecule has 3 nitrogen and oxygen atoms in total. The minimum atomic E-state index is -2.47. The van der Waals surface area contributed by atoms with Crippen LogP contribution in [0.25, 0.3) is 0 Å². The molecule has 0 N–H and O–H groups in total. The van der Waals surface area contributed by atoms with Crippen LogP contribution in [0.15, 0.2) is 175 Å².